The average Bonchev–Trinajstić information content (AvgIpc) is 3.14. The highest BCUT2D eigenvalue weighted by Gasteiger charge is 2.28. The number of phenols is 2. The van der Waals surface area contributed by atoms with Gasteiger partial charge in [0.15, 0.2) is 11.5 Å². The maximum absolute atomic E-state index is 12.2. The van der Waals surface area contributed by atoms with E-state index in [1.165, 1.54) is 17.0 Å². The van der Waals surface area contributed by atoms with Crippen molar-refractivity contribution in [2.75, 3.05) is 13.1 Å². The van der Waals surface area contributed by atoms with Crippen LogP contribution in [0.2, 0.25) is 0 Å². The molecule has 6 nitrogen and oxygen atoms in total. The quantitative estimate of drug-likeness (QED) is 0.691. The summed E-state index contributed by atoms with van der Waals surface area (Å²) in [7, 11) is 0. The summed E-state index contributed by atoms with van der Waals surface area (Å²) in [6.07, 6.45) is 2.01. The Hall–Kier alpha value is -2.24. The summed E-state index contributed by atoms with van der Waals surface area (Å²) >= 11 is 0. The fourth-order valence-corrected chi connectivity index (χ4v) is 1.83. The molecule has 3 N–H and O–H groups in total. The molecule has 0 spiro atoms. The van der Waals surface area contributed by atoms with Gasteiger partial charge in [-0.25, -0.2) is 0 Å². The van der Waals surface area contributed by atoms with Gasteiger partial charge in [-0.15, -0.1) is 0 Å². The van der Waals surface area contributed by atoms with Crippen LogP contribution in [0, 0.1) is 5.92 Å². The molecule has 1 saturated carbocycles. The molecule has 1 aliphatic rings. The van der Waals surface area contributed by atoms with Crippen molar-refractivity contribution < 1.29 is 24.9 Å². The minimum atomic E-state index is -1.07. The van der Waals surface area contributed by atoms with Gasteiger partial charge in [-0.1, -0.05) is 0 Å². The Kier molecular flexibility index (Phi) is 3.59. The summed E-state index contributed by atoms with van der Waals surface area (Å²) in [6.45, 7) is 0.0454. The second-order valence-electron chi connectivity index (χ2n) is 4.73. The van der Waals surface area contributed by atoms with Gasteiger partial charge in [0.25, 0.3) is 5.91 Å². The Bertz CT molecular complexity index is 510. The predicted octanol–water partition coefficient (Wildman–Crippen LogP) is 1.03. The summed E-state index contributed by atoms with van der Waals surface area (Å²) < 4.78 is 0. The molecule has 0 heterocycles. The fraction of sp³-hybridized carbons (Fsp3) is 0.385. The van der Waals surface area contributed by atoms with Crippen LogP contribution in [0.1, 0.15) is 23.2 Å². The number of benzene rings is 1. The van der Waals surface area contributed by atoms with Gasteiger partial charge in [0.05, 0.1) is 0 Å². The number of rotatable bonds is 5. The fourth-order valence-electron chi connectivity index (χ4n) is 1.83. The van der Waals surface area contributed by atoms with Crippen LogP contribution in [0.4, 0.5) is 0 Å². The highest BCUT2D eigenvalue weighted by Crippen LogP contribution is 2.31. The highest BCUT2D eigenvalue weighted by molar-refractivity contribution is 5.96. The standard InChI is InChI=1S/C13H15NO5/c15-10-4-3-9(5-11(10)16)13(19)14(7-12(17)18)6-8-1-2-8/h3-5,8,15-16H,1-2,6-7H2,(H,17,18). The first kappa shape index (κ1) is 13.2. The monoisotopic (exact) mass is 265 g/mol. The van der Waals surface area contributed by atoms with Crippen molar-refractivity contribution in [2.45, 2.75) is 12.8 Å². The summed E-state index contributed by atoms with van der Waals surface area (Å²) in [5.41, 5.74) is 0.164. The van der Waals surface area contributed by atoms with Crippen molar-refractivity contribution in [3.63, 3.8) is 0 Å². The first-order valence-corrected chi connectivity index (χ1v) is 6.00. The van der Waals surface area contributed by atoms with Gasteiger partial charge in [0, 0.05) is 12.1 Å². The van der Waals surface area contributed by atoms with Crippen LogP contribution < -0.4 is 0 Å². The Labute approximate surface area is 109 Å². The molecule has 0 bridgehead atoms. The molecule has 6 heteroatoms. The van der Waals surface area contributed by atoms with Crippen molar-refractivity contribution in [2.24, 2.45) is 5.92 Å². The number of carboxylic acids is 1. The van der Waals surface area contributed by atoms with Crippen LogP contribution in [0.3, 0.4) is 0 Å². The van der Waals surface area contributed by atoms with Crippen LogP contribution in [0.15, 0.2) is 18.2 Å². The van der Waals surface area contributed by atoms with Crippen molar-refractivity contribution in [1.82, 2.24) is 4.90 Å². The molecule has 0 radical (unpaired) electrons. The number of carbonyl (C=O) groups is 2. The van der Waals surface area contributed by atoms with E-state index in [2.05, 4.69) is 0 Å². The van der Waals surface area contributed by atoms with Gasteiger partial charge in [0.1, 0.15) is 6.54 Å². The Morgan fingerprint density at radius 2 is 1.89 bits per heavy atom. The first-order valence-electron chi connectivity index (χ1n) is 6.00. The van der Waals surface area contributed by atoms with Crippen LogP contribution in [0.25, 0.3) is 0 Å². The molecule has 0 saturated heterocycles. The largest absolute Gasteiger partial charge is 0.504 e. The molecule has 0 aliphatic heterocycles. The minimum absolute atomic E-state index is 0.164. The summed E-state index contributed by atoms with van der Waals surface area (Å²) in [4.78, 5) is 24.2. The van der Waals surface area contributed by atoms with Gasteiger partial charge in [0.2, 0.25) is 0 Å². The topological polar surface area (TPSA) is 98.1 Å². The lowest BCUT2D eigenvalue weighted by Gasteiger charge is -2.20. The normalized spacial score (nSPS) is 14.1. The molecule has 1 aromatic rings. The molecule has 1 aromatic carbocycles. The van der Waals surface area contributed by atoms with Gasteiger partial charge < -0.3 is 20.2 Å². The maximum Gasteiger partial charge on any atom is 0.323 e. The highest BCUT2D eigenvalue weighted by atomic mass is 16.4. The molecule has 1 fully saturated rings. The van der Waals surface area contributed by atoms with E-state index in [1.54, 1.807) is 0 Å². The molecule has 2 rings (SSSR count). The summed E-state index contributed by atoms with van der Waals surface area (Å²) in [5.74, 6) is -1.87. The molecule has 1 amide bonds. The van der Waals surface area contributed by atoms with Gasteiger partial charge in [-0.3, -0.25) is 9.59 Å². The number of aliphatic carboxylic acids is 1. The van der Waals surface area contributed by atoms with Crippen LogP contribution in [-0.4, -0.2) is 45.2 Å². The van der Waals surface area contributed by atoms with Crippen LogP contribution in [-0.2, 0) is 4.79 Å². The van der Waals surface area contributed by atoms with Crippen LogP contribution in [0.5, 0.6) is 11.5 Å². The van der Waals surface area contributed by atoms with E-state index in [9.17, 15) is 19.8 Å². The molecule has 19 heavy (non-hydrogen) atoms. The summed E-state index contributed by atoms with van der Waals surface area (Å²) in [6, 6.07) is 3.71. The van der Waals surface area contributed by atoms with Crippen LogP contribution >= 0.6 is 0 Å². The Morgan fingerprint density at radius 3 is 2.42 bits per heavy atom. The average molecular weight is 265 g/mol. The lowest BCUT2D eigenvalue weighted by atomic mass is 10.1. The van der Waals surface area contributed by atoms with Gasteiger partial charge >= 0.3 is 5.97 Å². The van der Waals surface area contributed by atoms with Gasteiger partial charge in [-0.2, -0.15) is 0 Å². The Balaban J connectivity index is 2.16. The van der Waals surface area contributed by atoms with Gasteiger partial charge in [-0.05, 0) is 37.0 Å². The van der Waals surface area contributed by atoms with Crippen molar-refractivity contribution in [3.05, 3.63) is 23.8 Å². The molecule has 0 aromatic heterocycles. The van der Waals surface area contributed by atoms with Crippen molar-refractivity contribution in [1.29, 1.82) is 0 Å². The third-order valence-electron chi connectivity index (χ3n) is 3.01. The van der Waals surface area contributed by atoms with Crippen molar-refractivity contribution in [3.8, 4) is 11.5 Å². The predicted molar refractivity (Wildman–Crippen MR) is 66.0 cm³/mol. The number of hydrogen-bond donors (Lipinski definition) is 3. The zero-order valence-corrected chi connectivity index (χ0v) is 10.2. The van der Waals surface area contributed by atoms with E-state index in [0.29, 0.717) is 12.5 Å². The van der Waals surface area contributed by atoms with E-state index in [-0.39, 0.29) is 17.9 Å². The second-order valence-corrected chi connectivity index (χ2v) is 4.73. The third-order valence-corrected chi connectivity index (χ3v) is 3.01. The molecular weight excluding hydrogens is 250 g/mol. The zero-order valence-electron chi connectivity index (χ0n) is 10.2. The number of amides is 1. The van der Waals surface area contributed by atoms with E-state index < -0.39 is 17.6 Å². The van der Waals surface area contributed by atoms with Crippen molar-refractivity contribution >= 4 is 11.9 Å². The number of carbonyl (C=O) groups excluding carboxylic acids is 1. The maximum atomic E-state index is 12.2. The van der Waals surface area contributed by atoms with E-state index in [0.717, 1.165) is 18.9 Å². The SMILES string of the molecule is O=C(O)CN(CC1CC1)C(=O)c1ccc(O)c(O)c1. The third kappa shape index (κ3) is 3.37. The molecule has 0 atom stereocenters. The second kappa shape index (κ2) is 5.17. The number of phenolic OH excluding ortho intramolecular Hbond substituents is 2. The number of hydrogen-bond acceptors (Lipinski definition) is 4. The smallest absolute Gasteiger partial charge is 0.323 e. The number of nitrogens with zero attached hydrogens (tertiary/aromatic N) is 1. The summed E-state index contributed by atoms with van der Waals surface area (Å²) in [5, 5.41) is 27.4. The van der Waals surface area contributed by atoms with E-state index in [4.69, 9.17) is 5.11 Å². The molecular formula is C13H15NO5. The van der Waals surface area contributed by atoms with E-state index >= 15 is 0 Å². The number of carboxylic acid groups (broad SMARTS) is 1. The van der Waals surface area contributed by atoms with E-state index in [1.807, 2.05) is 0 Å². The molecule has 102 valence electrons. The molecule has 0 unspecified atom stereocenters. The Morgan fingerprint density at radius 1 is 1.21 bits per heavy atom. The molecule has 1 aliphatic carbocycles. The first-order chi connectivity index (χ1) is 8.97. The zero-order chi connectivity index (χ0) is 14.0. The number of aromatic hydroxyl groups is 2. The lowest BCUT2D eigenvalue weighted by Crippen LogP contribution is -2.37. The minimum Gasteiger partial charge on any atom is -0.504 e. The lowest BCUT2D eigenvalue weighted by molar-refractivity contribution is -0.137.